The first-order valence-corrected chi connectivity index (χ1v) is 11.4. The van der Waals surface area contributed by atoms with Crippen LogP contribution < -0.4 is 0 Å². The van der Waals surface area contributed by atoms with Gasteiger partial charge >= 0.3 is 0 Å². The minimum atomic E-state index is -1.11. The molecule has 0 aromatic carbocycles. The largest absolute Gasteiger partial charge is 0.394 e. The number of hydrogen-bond acceptors (Lipinski definition) is 6. The van der Waals surface area contributed by atoms with Crippen molar-refractivity contribution in [3.05, 3.63) is 0 Å². The standard InChI is InChI=1S/C22H46O6/c1-4-7-9-10-11-13-15-26-22(21(25)17-24)27-18-20(16-23)28-19(6-3)14-12-8-5-2/h19-25H,4-18H2,1-3H3. The monoisotopic (exact) mass is 406 g/mol. The minimum absolute atomic E-state index is 0.0950. The molecule has 0 radical (unpaired) electrons. The Kier molecular flexibility index (Phi) is 19.9. The highest BCUT2D eigenvalue weighted by Gasteiger charge is 2.23. The Morgan fingerprint density at radius 1 is 0.714 bits per heavy atom. The van der Waals surface area contributed by atoms with Gasteiger partial charge < -0.3 is 29.5 Å². The molecule has 4 unspecified atom stereocenters. The molecule has 0 fully saturated rings. The van der Waals surface area contributed by atoms with Crippen LogP contribution >= 0.6 is 0 Å². The fraction of sp³-hybridized carbons (Fsp3) is 1.00. The van der Waals surface area contributed by atoms with Crippen LogP contribution in [0.4, 0.5) is 0 Å². The molecular weight excluding hydrogens is 360 g/mol. The van der Waals surface area contributed by atoms with E-state index in [-0.39, 0.29) is 19.3 Å². The molecule has 0 aromatic rings. The van der Waals surface area contributed by atoms with Crippen molar-refractivity contribution in [2.24, 2.45) is 0 Å². The highest BCUT2D eigenvalue weighted by atomic mass is 16.7. The van der Waals surface area contributed by atoms with Crippen molar-refractivity contribution in [1.82, 2.24) is 0 Å². The van der Waals surface area contributed by atoms with E-state index in [4.69, 9.17) is 14.2 Å². The molecule has 0 aliphatic heterocycles. The zero-order chi connectivity index (χ0) is 21.0. The fourth-order valence-corrected chi connectivity index (χ4v) is 3.04. The molecule has 0 saturated carbocycles. The molecule has 6 heteroatoms. The Labute approximate surface area is 172 Å². The van der Waals surface area contributed by atoms with Gasteiger partial charge in [-0.3, -0.25) is 0 Å². The van der Waals surface area contributed by atoms with E-state index in [9.17, 15) is 15.3 Å². The second kappa shape index (κ2) is 20.0. The van der Waals surface area contributed by atoms with Crippen LogP contribution in [0.5, 0.6) is 0 Å². The molecule has 0 saturated heterocycles. The summed E-state index contributed by atoms with van der Waals surface area (Å²) in [6.45, 7) is 6.46. The van der Waals surface area contributed by atoms with E-state index in [1.807, 2.05) is 0 Å². The predicted octanol–water partition coefficient (Wildman–Crippen LogP) is 3.80. The van der Waals surface area contributed by atoms with E-state index in [0.717, 1.165) is 32.1 Å². The molecule has 0 aliphatic carbocycles. The van der Waals surface area contributed by atoms with Gasteiger partial charge in [0.05, 0.1) is 25.9 Å². The van der Waals surface area contributed by atoms with Crippen molar-refractivity contribution in [2.75, 3.05) is 26.4 Å². The summed E-state index contributed by atoms with van der Waals surface area (Å²) in [6, 6.07) is 0. The number of ether oxygens (including phenoxy) is 3. The second-order valence-electron chi connectivity index (χ2n) is 7.56. The maximum absolute atomic E-state index is 9.94. The van der Waals surface area contributed by atoms with Gasteiger partial charge in [-0.1, -0.05) is 72.1 Å². The van der Waals surface area contributed by atoms with Crippen molar-refractivity contribution in [1.29, 1.82) is 0 Å². The Morgan fingerprint density at radius 2 is 1.36 bits per heavy atom. The molecule has 0 bridgehead atoms. The first-order chi connectivity index (χ1) is 13.6. The predicted molar refractivity (Wildman–Crippen MR) is 112 cm³/mol. The number of unbranched alkanes of at least 4 members (excludes halogenated alkanes) is 7. The van der Waals surface area contributed by atoms with Gasteiger partial charge in [-0.2, -0.15) is 0 Å². The lowest BCUT2D eigenvalue weighted by atomic mass is 10.1. The average Bonchev–Trinajstić information content (AvgIpc) is 2.72. The molecule has 4 atom stereocenters. The summed E-state index contributed by atoms with van der Waals surface area (Å²) in [7, 11) is 0. The van der Waals surface area contributed by atoms with Crippen molar-refractivity contribution in [3.63, 3.8) is 0 Å². The minimum Gasteiger partial charge on any atom is -0.394 e. The van der Waals surface area contributed by atoms with E-state index in [1.165, 1.54) is 38.5 Å². The third kappa shape index (κ3) is 14.7. The quantitative estimate of drug-likeness (QED) is 0.198. The van der Waals surface area contributed by atoms with Crippen LogP contribution in [-0.2, 0) is 14.2 Å². The number of aliphatic hydroxyl groups excluding tert-OH is 3. The van der Waals surface area contributed by atoms with Crippen molar-refractivity contribution in [3.8, 4) is 0 Å². The molecule has 0 aliphatic rings. The van der Waals surface area contributed by atoms with Gasteiger partial charge in [-0.05, 0) is 19.3 Å². The van der Waals surface area contributed by atoms with Crippen molar-refractivity contribution < 1.29 is 29.5 Å². The van der Waals surface area contributed by atoms with E-state index in [0.29, 0.717) is 6.61 Å². The van der Waals surface area contributed by atoms with Crippen LogP contribution in [0.1, 0.15) is 91.4 Å². The molecule has 0 heterocycles. The SMILES string of the molecule is CCCCCCCCOC(OCC(CO)OC(CC)CCCCC)C(O)CO. The molecule has 3 N–H and O–H groups in total. The maximum Gasteiger partial charge on any atom is 0.185 e. The third-order valence-electron chi connectivity index (χ3n) is 4.90. The van der Waals surface area contributed by atoms with Gasteiger partial charge in [-0.15, -0.1) is 0 Å². The Morgan fingerprint density at radius 3 is 1.96 bits per heavy atom. The first-order valence-electron chi connectivity index (χ1n) is 11.4. The van der Waals surface area contributed by atoms with Gasteiger partial charge in [0.2, 0.25) is 0 Å². The first kappa shape index (κ1) is 27.8. The molecule has 0 aromatic heterocycles. The third-order valence-corrected chi connectivity index (χ3v) is 4.90. The number of rotatable bonds is 21. The second-order valence-corrected chi connectivity index (χ2v) is 7.56. The van der Waals surface area contributed by atoms with Gasteiger partial charge in [0.25, 0.3) is 0 Å². The van der Waals surface area contributed by atoms with Crippen molar-refractivity contribution in [2.45, 2.75) is 116 Å². The lowest BCUT2D eigenvalue weighted by Gasteiger charge is -2.27. The topological polar surface area (TPSA) is 88.4 Å². The average molecular weight is 407 g/mol. The number of hydrogen-bond donors (Lipinski definition) is 3. The molecular formula is C22H46O6. The summed E-state index contributed by atoms with van der Waals surface area (Å²) in [6.07, 6.45) is 9.82. The highest BCUT2D eigenvalue weighted by molar-refractivity contribution is 4.65. The lowest BCUT2D eigenvalue weighted by molar-refractivity contribution is -0.219. The Bertz CT molecular complexity index is 315. The van der Waals surface area contributed by atoms with Crippen molar-refractivity contribution >= 4 is 0 Å². The summed E-state index contributed by atoms with van der Waals surface area (Å²) in [5.74, 6) is 0. The van der Waals surface area contributed by atoms with E-state index < -0.39 is 25.1 Å². The number of aliphatic hydroxyl groups is 3. The van der Waals surface area contributed by atoms with Gasteiger partial charge in [0, 0.05) is 6.61 Å². The highest BCUT2D eigenvalue weighted by Crippen LogP contribution is 2.14. The molecule has 0 amide bonds. The maximum atomic E-state index is 9.94. The van der Waals surface area contributed by atoms with Gasteiger partial charge in [-0.25, -0.2) is 0 Å². The molecule has 0 spiro atoms. The summed E-state index contributed by atoms with van der Waals surface area (Å²) in [5, 5.41) is 28.8. The fourth-order valence-electron chi connectivity index (χ4n) is 3.04. The van der Waals surface area contributed by atoms with Gasteiger partial charge in [0.15, 0.2) is 6.29 Å². The summed E-state index contributed by atoms with van der Waals surface area (Å²) >= 11 is 0. The summed E-state index contributed by atoms with van der Waals surface area (Å²) in [4.78, 5) is 0. The normalized spacial score (nSPS) is 16.1. The van der Waals surface area contributed by atoms with Crippen LogP contribution in [0, 0.1) is 0 Å². The van der Waals surface area contributed by atoms with Crippen LogP contribution in [0.25, 0.3) is 0 Å². The Hall–Kier alpha value is -0.240. The van der Waals surface area contributed by atoms with Gasteiger partial charge in [0.1, 0.15) is 12.2 Å². The zero-order valence-corrected chi connectivity index (χ0v) is 18.5. The summed E-state index contributed by atoms with van der Waals surface area (Å²) < 4.78 is 17.2. The lowest BCUT2D eigenvalue weighted by Crippen LogP contribution is -2.38. The smallest absolute Gasteiger partial charge is 0.185 e. The molecule has 0 rings (SSSR count). The van der Waals surface area contributed by atoms with E-state index >= 15 is 0 Å². The summed E-state index contributed by atoms with van der Waals surface area (Å²) in [5.41, 5.74) is 0. The van der Waals surface area contributed by atoms with E-state index in [1.54, 1.807) is 0 Å². The van der Waals surface area contributed by atoms with Crippen LogP contribution in [-0.4, -0.2) is 66.3 Å². The Balaban J connectivity index is 4.26. The van der Waals surface area contributed by atoms with Crippen LogP contribution in [0.15, 0.2) is 0 Å². The molecule has 28 heavy (non-hydrogen) atoms. The van der Waals surface area contributed by atoms with E-state index in [2.05, 4.69) is 20.8 Å². The zero-order valence-electron chi connectivity index (χ0n) is 18.5. The van der Waals surface area contributed by atoms with Crippen LogP contribution in [0.3, 0.4) is 0 Å². The van der Waals surface area contributed by atoms with Crippen LogP contribution in [0.2, 0.25) is 0 Å². The molecule has 6 nitrogen and oxygen atoms in total. The molecule has 170 valence electrons.